The number of fused-ring (bicyclic) bond motifs is 1. The first-order valence-corrected chi connectivity index (χ1v) is 14.0. The summed E-state index contributed by atoms with van der Waals surface area (Å²) in [7, 11) is -0.972. The summed E-state index contributed by atoms with van der Waals surface area (Å²) in [5, 5.41) is 7.12. The van der Waals surface area contributed by atoms with Crippen LogP contribution in [0.25, 0.3) is 0 Å². The largest absolute Gasteiger partial charge is 0.495 e. The molecule has 1 aliphatic carbocycles. The summed E-state index contributed by atoms with van der Waals surface area (Å²) in [6.45, 7) is 2.20. The quantitative estimate of drug-likeness (QED) is 0.272. The zero-order valence-electron chi connectivity index (χ0n) is 20.1. The van der Waals surface area contributed by atoms with E-state index in [4.69, 9.17) is 21.7 Å². The van der Waals surface area contributed by atoms with E-state index < -0.39 is 10.0 Å². The number of para-hydroxylation sites is 2. The standard InChI is InChI=1S/C25H27N3O5S3/c1-15-8-13-18-21(14-15)35-23(22(18)24(29)33-3)27-25(34)26-16-9-11-17(12-10-16)36(30,31)28-19-6-4-5-7-20(19)32-2/h4-7,9-12,15,28H,8,13-14H2,1-3H3,(H2,26,27,34). The van der Waals surface area contributed by atoms with Crippen LogP contribution in [0.1, 0.15) is 34.1 Å². The highest BCUT2D eigenvalue weighted by atomic mass is 32.2. The number of thiocarbonyl (C=S) groups is 1. The van der Waals surface area contributed by atoms with Gasteiger partial charge in [-0.2, -0.15) is 0 Å². The van der Waals surface area contributed by atoms with Crippen molar-refractivity contribution in [2.24, 2.45) is 5.92 Å². The summed E-state index contributed by atoms with van der Waals surface area (Å²) in [5.41, 5.74) is 2.52. The van der Waals surface area contributed by atoms with E-state index in [2.05, 4.69) is 22.3 Å². The van der Waals surface area contributed by atoms with Crippen LogP contribution in [0, 0.1) is 5.92 Å². The SMILES string of the molecule is COC(=O)c1c(NC(=S)Nc2ccc(S(=O)(=O)Nc3ccccc3OC)cc2)sc2c1CCC(C)C2. The third kappa shape index (κ3) is 5.63. The summed E-state index contributed by atoms with van der Waals surface area (Å²) >= 11 is 6.99. The normalized spacial score (nSPS) is 14.9. The maximum atomic E-state index is 12.8. The van der Waals surface area contributed by atoms with Crippen molar-refractivity contribution in [3.63, 3.8) is 0 Å². The van der Waals surface area contributed by atoms with E-state index in [0.717, 1.165) is 24.8 Å². The Hall–Kier alpha value is -3.15. The average Bonchev–Trinajstić information content (AvgIpc) is 3.20. The van der Waals surface area contributed by atoms with Crippen LogP contribution in [0.4, 0.5) is 16.4 Å². The number of rotatable bonds is 7. The first kappa shape index (κ1) is 25.9. The lowest BCUT2D eigenvalue weighted by molar-refractivity contribution is 0.0600. The molecule has 3 N–H and O–H groups in total. The molecule has 190 valence electrons. The molecular formula is C25H27N3O5S3. The predicted octanol–water partition coefficient (Wildman–Crippen LogP) is 5.28. The van der Waals surface area contributed by atoms with Gasteiger partial charge < -0.3 is 20.1 Å². The van der Waals surface area contributed by atoms with Gasteiger partial charge in [0.05, 0.1) is 30.4 Å². The molecular weight excluding hydrogens is 518 g/mol. The summed E-state index contributed by atoms with van der Waals surface area (Å²) in [4.78, 5) is 13.8. The average molecular weight is 546 g/mol. The molecule has 4 rings (SSSR count). The second-order valence-electron chi connectivity index (χ2n) is 8.46. The smallest absolute Gasteiger partial charge is 0.341 e. The summed E-state index contributed by atoms with van der Waals surface area (Å²) < 4.78 is 38.4. The first-order valence-electron chi connectivity index (χ1n) is 11.3. The zero-order chi connectivity index (χ0) is 25.9. The van der Waals surface area contributed by atoms with Crippen molar-refractivity contribution < 1.29 is 22.7 Å². The number of benzene rings is 2. The molecule has 0 saturated heterocycles. The number of anilines is 3. The molecule has 36 heavy (non-hydrogen) atoms. The number of methoxy groups -OCH3 is 2. The summed E-state index contributed by atoms with van der Waals surface area (Å²) in [6, 6.07) is 13.0. The Kier molecular flexibility index (Phi) is 7.82. The van der Waals surface area contributed by atoms with Gasteiger partial charge in [0, 0.05) is 10.6 Å². The lowest BCUT2D eigenvalue weighted by Crippen LogP contribution is -2.20. The van der Waals surface area contributed by atoms with Crippen LogP contribution >= 0.6 is 23.6 Å². The molecule has 0 bridgehead atoms. The lowest BCUT2D eigenvalue weighted by Gasteiger charge is -2.18. The van der Waals surface area contributed by atoms with Gasteiger partial charge in [-0.3, -0.25) is 4.72 Å². The highest BCUT2D eigenvalue weighted by molar-refractivity contribution is 7.92. The van der Waals surface area contributed by atoms with E-state index in [1.165, 1.54) is 42.6 Å². The summed E-state index contributed by atoms with van der Waals surface area (Å²) in [6.07, 6.45) is 2.78. The fourth-order valence-corrected chi connectivity index (χ4v) is 6.83. The van der Waals surface area contributed by atoms with Crippen LogP contribution in [0.15, 0.2) is 53.4 Å². The topological polar surface area (TPSA) is 106 Å². The maximum Gasteiger partial charge on any atom is 0.341 e. The molecule has 0 saturated carbocycles. The highest BCUT2D eigenvalue weighted by Gasteiger charge is 2.28. The number of hydrogen-bond acceptors (Lipinski definition) is 7. The maximum absolute atomic E-state index is 12.8. The lowest BCUT2D eigenvalue weighted by atomic mass is 9.88. The Bertz CT molecular complexity index is 1380. The number of ether oxygens (including phenoxy) is 2. The zero-order valence-corrected chi connectivity index (χ0v) is 22.5. The van der Waals surface area contributed by atoms with E-state index in [0.29, 0.717) is 33.6 Å². The Balaban J connectivity index is 1.47. The molecule has 3 aromatic rings. The van der Waals surface area contributed by atoms with Crippen LogP contribution in [0.5, 0.6) is 5.75 Å². The number of hydrogen-bond donors (Lipinski definition) is 3. The number of carbonyl (C=O) groups excluding carboxylic acids is 1. The Morgan fingerprint density at radius 1 is 1.08 bits per heavy atom. The minimum Gasteiger partial charge on any atom is -0.495 e. The van der Waals surface area contributed by atoms with E-state index in [-0.39, 0.29) is 16.0 Å². The molecule has 1 unspecified atom stereocenters. The Morgan fingerprint density at radius 3 is 2.50 bits per heavy atom. The molecule has 0 fully saturated rings. The molecule has 11 heteroatoms. The Morgan fingerprint density at radius 2 is 1.81 bits per heavy atom. The van der Waals surface area contributed by atoms with Crippen molar-refractivity contribution in [2.45, 2.75) is 31.1 Å². The van der Waals surface area contributed by atoms with Crippen LogP contribution < -0.4 is 20.1 Å². The number of sulfonamides is 1. The fourth-order valence-electron chi connectivity index (χ4n) is 4.07. The third-order valence-corrected chi connectivity index (χ3v) is 8.66. The minimum atomic E-state index is -3.82. The molecule has 2 aromatic carbocycles. The van der Waals surface area contributed by atoms with Crippen molar-refractivity contribution in [3.05, 3.63) is 64.5 Å². The van der Waals surface area contributed by atoms with Gasteiger partial charge in [-0.25, -0.2) is 13.2 Å². The molecule has 1 heterocycles. The predicted molar refractivity (Wildman–Crippen MR) is 147 cm³/mol. The molecule has 8 nitrogen and oxygen atoms in total. The summed E-state index contributed by atoms with van der Waals surface area (Å²) in [5.74, 6) is 0.600. The van der Waals surface area contributed by atoms with Crippen LogP contribution in [-0.2, 0) is 27.6 Å². The van der Waals surface area contributed by atoms with Crippen molar-refractivity contribution in [3.8, 4) is 5.75 Å². The van der Waals surface area contributed by atoms with E-state index in [9.17, 15) is 13.2 Å². The molecule has 1 atom stereocenters. The first-order chi connectivity index (χ1) is 17.2. The van der Waals surface area contributed by atoms with Gasteiger partial charge in [0.1, 0.15) is 10.8 Å². The van der Waals surface area contributed by atoms with Gasteiger partial charge in [-0.15, -0.1) is 11.3 Å². The molecule has 0 radical (unpaired) electrons. The van der Waals surface area contributed by atoms with E-state index in [1.807, 2.05) is 0 Å². The minimum absolute atomic E-state index is 0.0888. The second kappa shape index (κ2) is 10.9. The van der Waals surface area contributed by atoms with E-state index in [1.54, 1.807) is 36.4 Å². The molecule has 0 amide bonds. The highest BCUT2D eigenvalue weighted by Crippen LogP contribution is 2.40. The fraction of sp³-hybridized carbons (Fsp3) is 0.280. The molecule has 0 aliphatic heterocycles. The number of esters is 1. The number of thiophene rings is 1. The van der Waals surface area contributed by atoms with E-state index >= 15 is 0 Å². The number of nitrogens with one attached hydrogen (secondary N) is 3. The van der Waals surface area contributed by atoms with Gasteiger partial charge in [0.25, 0.3) is 10.0 Å². The van der Waals surface area contributed by atoms with Crippen molar-refractivity contribution >= 4 is 61.0 Å². The monoisotopic (exact) mass is 545 g/mol. The van der Waals surface area contributed by atoms with Crippen LogP contribution in [0.2, 0.25) is 0 Å². The van der Waals surface area contributed by atoms with Gasteiger partial charge in [-0.05, 0) is 79.4 Å². The van der Waals surface area contributed by atoms with Crippen molar-refractivity contribution in [1.29, 1.82) is 0 Å². The van der Waals surface area contributed by atoms with Crippen molar-refractivity contribution in [1.82, 2.24) is 0 Å². The molecule has 0 spiro atoms. The molecule has 1 aromatic heterocycles. The van der Waals surface area contributed by atoms with Crippen LogP contribution in [0.3, 0.4) is 0 Å². The van der Waals surface area contributed by atoms with Gasteiger partial charge in [0.15, 0.2) is 5.11 Å². The van der Waals surface area contributed by atoms with Crippen molar-refractivity contribution in [2.75, 3.05) is 29.6 Å². The van der Waals surface area contributed by atoms with Gasteiger partial charge in [-0.1, -0.05) is 19.1 Å². The number of carbonyl (C=O) groups is 1. The van der Waals surface area contributed by atoms with Gasteiger partial charge in [0.2, 0.25) is 0 Å². The second-order valence-corrected chi connectivity index (χ2v) is 11.7. The Labute approximate surface area is 220 Å². The molecule has 1 aliphatic rings. The van der Waals surface area contributed by atoms with Gasteiger partial charge >= 0.3 is 5.97 Å². The van der Waals surface area contributed by atoms with Crippen LogP contribution in [-0.4, -0.2) is 33.7 Å². The third-order valence-electron chi connectivity index (χ3n) is 5.90.